The number of hydrogen-bond donors (Lipinski definition) is 2. The van der Waals surface area contributed by atoms with Gasteiger partial charge in [0.05, 0.1) is 0 Å². The van der Waals surface area contributed by atoms with Crippen molar-refractivity contribution in [3.63, 3.8) is 0 Å². The Labute approximate surface area is 101 Å². The lowest BCUT2D eigenvalue weighted by Crippen LogP contribution is -2.28. The highest BCUT2D eigenvalue weighted by molar-refractivity contribution is 5.92. The molecule has 4 heteroatoms. The van der Waals surface area contributed by atoms with E-state index in [9.17, 15) is 9.59 Å². The Morgan fingerprint density at radius 3 is 2.35 bits per heavy atom. The van der Waals surface area contributed by atoms with Crippen molar-refractivity contribution in [2.24, 2.45) is 11.7 Å². The second-order valence-corrected chi connectivity index (χ2v) is 4.09. The summed E-state index contributed by atoms with van der Waals surface area (Å²) in [4.78, 5) is 22.4. The van der Waals surface area contributed by atoms with Crippen LogP contribution in [0.4, 0.5) is 0 Å². The molecule has 92 valence electrons. The van der Waals surface area contributed by atoms with E-state index in [1.54, 1.807) is 24.3 Å². The molecule has 0 spiro atoms. The van der Waals surface area contributed by atoms with Crippen molar-refractivity contribution < 1.29 is 9.59 Å². The summed E-state index contributed by atoms with van der Waals surface area (Å²) < 4.78 is 0. The van der Waals surface area contributed by atoms with Gasteiger partial charge in [0, 0.05) is 18.0 Å². The number of carbonyl (C=O) groups is 2. The third-order valence-corrected chi connectivity index (χ3v) is 2.77. The van der Waals surface area contributed by atoms with Crippen molar-refractivity contribution in [3.05, 3.63) is 35.4 Å². The lowest BCUT2D eigenvalue weighted by atomic mass is 10.1. The third-order valence-electron chi connectivity index (χ3n) is 2.77. The fourth-order valence-corrected chi connectivity index (χ4v) is 1.34. The van der Waals surface area contributed by atoms with E-state index >= 15 is 0 Å². The minimum absolute atomic E-state index is 0.0277. The zero-order chi connectivity index (χ0) is 12.8. The fourth-order valence-electron chi connectivity index (χ4n) is 1.34. The summed E-state index contributed by atoms with van der Waals surface area (Å²) in [5.74, 6) is -0.369. The predicted molar refractivity (Wildman–Crippen MR) is 66.3 cm³/mol. The number of carbonyl (C=O) groups excluding carboxylic acids is 2. The minimum Gasteiger partial charge on any atom is -0.366 e. The van der Waals surface area contributed by atoms with Crippen molar-refractivity contribution in [1.82, 2.24) is 5.32 Å². The first-order valence-electron chi connectivity index (χ1n) is 5.71. The van der Waals surface area contributed by atoms with Crippen LogP contribution in [-0.4, -0.2) is 11.8 Å². The van der Waals surface area contributed by atoms with Gasteiger partial charge in [-0.05, 0) is 24.1 Å². The minimum atomic E-state index is -0.444. The van der Waals surface area contributed by atoms with Gasteiger partial charge in [0.1, 0.15) is 0 Å². The quantitative estimate of drug-likeness (QED) is 0.809. The molecule has 1 unspecified atom stereocenters. The summed E-state index contributed by atoms with van der Waals surface area (Å²) in [6, 6.07) is 6.90. The monoisotopic (exact) mass is 234 g/mol. The molecule has 0 aliphatic rings. The molecule has 0 aliphatic carbocycles. The van der Waals surface area contributed by atoms with Crippen LogP contribution in [0.1, 0.15) is 36.2 Å². The molecule has 1 rings (SSSR count). The second kappa shape index (κ2) is 6.03. The van der Waals surface area contributed by atoms with Crippen molar-refractivity contribution in [3.8, 4) is 0 Å². The van der Waals surface area contributed by atoms with Crippen LogP contribution >= 0.6 is 0 Å². The molecule has 0 saturated heterocycles. The Morgan fingerprint density at radius 1 is 1.29 bits per heavy atom. The lowest BCUT2D eigenvalue weighted by Gasteiger charge is -2.10. The second-order valence-electron chi connectivity index (χ2n) is 4.09. The number of amides is 2. The molecule has 4 nitrogen and oxygen atoms in total. The van der Waals surface area contributed by atoms with Gasteiger partial charge in [-0.3, -0.25) is 9.59 Å². The van der Waals surface area contributed by atoms with Gasteiger partial charge in [-0.15, -0.1) is 0 Å². The standard InChI is InChI=1S/C13H18N2O2/c1-3-9(2)13(17)15-8-10-4-6-11(7-5-10)12(14)16/h4-7,9H,3,8H2,1-2H3,(H2,14,16)(H,15,17). The first-order chi connectivity index (χ1) is 8.04. The van der Waals surface area contributed by atoms with Gasteiger partial charge in [-0.2, -0.15) is 0 Å². The molecular weight excluding hydrogens is 216 g/mol. The number of nitrogens with one attached hydrogen (secondary N) is 1. The average Bonchev–Trinajstić information content (AvgIpc) is 2.35. The summed E-state index contributed by atoms with van der Waals surface area (Å²) in [7, 11) is 0. The van der Waals surface area contributed by atoms with Crippen LogP contribution in [0.3, 0.4) is 0 Å². The summed E-state index contributed by atoms with van der Waals surface area (Å²) in [6.07, 6.45) is 0.826. The molecule has 1 aromatic rings. The molecule has 2 amide bonds. The van der Waals surface area contributed by atoms with Crippen molar-refractivity contribution >= 4 is 11.8 Å². The van der Waals surface area contributed by atoms with Crippen LogP contribution in [0.25, 0.3) is 0 Å². The predicted octanol–water partition coefficient (Wildman–Crippen LogP) is 1.45. The molecule has 0 saturated carbocycles. The maximum atomic E-state index is 11.5. The zero-order valence-corrected chi connectivity index (χ0v) is 10.2. The number of benzene rings is 1. The Kier molecular flexibility index (Phi) is 4.69. The van der Waals surface area contributed by atoms with E-state index in [4.69, 9.17) is 5.73 Å². The highest BCUT2D eigenvalue weighted by Gasteiger charge is 2.09. The van der Waals surface area contributed by atoms with Crippen molar-refractivity contribution in [1.29, 1.82) is 0 Å². The van der Waals surface area contributed by atoms with Gasteiger partial charge in [-0.1, -0.05) is 26.0 Å². The van der Waals surface area contributed by atoms with Crippen LogP contribution in [-0.2, 0) is 11.3 Å². The molecule has 1 aromatic carbocycles. The Morgan fingerprint density at radius 2 is 1.88 bits per heavy atom. The van der Waals surface area contributed by atoms with E-state index in [-0.39, 0.29) is 11.8 Å². The Balaban J connectivity index is 2.53. The van der Waals surface area contributed by atoms with Gasteiger partial charge >= 0.3 is 0 Å². The molecule has 0 radical (unpaired) electrons. The number of rotatable bonds is 5. The molecule has 0 heterocycles. The van der Waals surface area contributed by atoms with E-state index < -0.39 is 5.91 Å². The largest absolute Gasteiger partial charge is 0.366 e. The summed E-state index contributed by atoms with van der Waals surface area (Å²) in [6.45, 7) is 4.35. The van der Waals surface area contributed by atoms with Gasteiger partial charge in [0.25, 0.3) is 0 Å². The summed E-state index contributed by atoms with van der Waals surface area (Å²) in [5, 5.41) is 2.84. The molecular formula is C13H18N2O2. The topological polar surface area (TPSA) is 72.2 Å². The van der Waals surface area contributed by atoms with Gasteiger partial charge in [0.15, 0.2) is 0 Å². The van der Waals surface area contributed by atoms with Gasteiger partial charge in [0.2, 0.25) is 11.8 Å². The number of primary amides is 1. The smallest absolute Gasteiger partial charge is 0.248 e. The van der Waals surface area contributed by atoms with Crippen LogP contribution < -0.4 is 11.1 Å². The van der Waals surface area contributed by atoms with Gasteiger partial charge in [-0.25, -0.2) is 0 Å². The Bertz CT molecular complexity index is 398. The van der Waals surface area contributed by atoms with Crippen LogP contribution in [0.15, 0.2) is 24.3 Å². The van der Waals surface area contributed by atoms with E-state index in [2.05, 4.69) is 5.32 Å². The first-order valence-corrected chi connectivity index (χ1v) is 5.71. The lowest BCUT2D eigenvalue weighted by molar-refractivity contribution is -0.124. The molecule has 0 aliphatic heterocycles. The molecule has 17 heavy (non-hydrogen) atoms. The molecule has 1 atom stereocenters. The van der Waals surface area contributed by atoms with E-state index in [0.717, 1.165) is 12.0 Å². The molecule has 3 N–H and O–H groups in total. The highest BCUT2D eigenvalue weighted by Crippen LogP contribution is 2.05. The number of nitrogens with two attached hydrogens (primary N) is 1. The van der Waals surface area contributed by atoms with Crippen LogP contribution in [0.5, 0.6) is 0 Å². The average molecular weight is 234 g/mol. The SMILES string of the molecule is CCC(C)C(=O)NCc1ccc(C(N)=O)cc1. The maximum Gasteiger partial charge on any atom is 0.248 e. The van der Waals surface area contributed by atoms with Crippen molar-refractivity contribution in [2.75, 3.05) is 0 Å². The first kappa shape index (κ1) is 13.2. The molecule has 0 bridgehead atoms. The normalized spacial score (nSPS) is 11.9. The van der Waals surface area contributed by atoms with Gasteiger partial charge < -0.3 is 11.1 Å². The maximum absolute atomic E-state index is 11.5. The Hall–Kier alpha value is -1.84. The van der Waals surface area contributed by atoms with Crippen LogP contribution in [0, 0.1) is 5.92 Å². The number of hydrogen-bond acceptors (Lipinski definition) is 2. The van der Waals surface area contributed by atoms with E-state index in [0.29, 0.717) is 12.1 Å². The summed E-state index contributed by atoms with van der Waals surface area (Å²) >= 11 is 0. The molecule has 0 fully saturated rings. The fraction of sp³-hybridized carbons (Fsp3) is 0.385. The zero-order valence-electron chi connectivity index (χ0n) is 10.2. The van der Waals surface area contributed by atoms with E-state index in [1.807, 2.05) is 13.8 Å². The summed E-state index contributed by atoms with van der Waals surface area (Å²) in [5.41, 5.74) is 6.56. The third kappa shape index (κ3) is 3.90. The highest BCUT2D eigenvalue weighted by atomic mass is 16.2. The van der Waals surface area contributed by atoms with E-state index in [1.165, 1.54) is 0 Å². The van der Waals surface area contributed by atoms with Crippen molar-refractivity contribution in [2.45, 2.75) is 26.8 Å². The van der Waals surface area contributed by atoms with Crippen LogP contribution in [0.2, 0.25) is 0 Å². The molecule has 0 aromatic heterocycles.